The largest absolute Gasteiger partial charge is 0.494 e. The Labute approximate surface area is 131 Å². The number of ether oxygens (including phenoxy) is 1. The van der Waals surface area contributed by atoms with Crippen LogP contribution in [0.4, 0.5) is 0 Å². The maximum absolute atomic E-state index is 12.2. The standard InChI is InChI=1S/C16H13N3O2S/c17-10-12-2-4-13(5-3-12)21-8-1-7-19-11-18-15-14(16(19)20)6-9-22-15/h2-6,9,11H,1,7-8H2. The number of fused-ring (bicyclic) bond motifs is 1. The van der Waals surface area contributed by atoms with E-state index in [0.717, 1.165) is 10.6 Å². The van der Waals surface area contributed by atoms with Crippen molar-refractivity contribution in [1.82, 2.24) is 9.55 Å². The van der Waals surface area contributed by atoms with Crippen LogP contribution in [-0.2, 0) is 6.54 Å². The van der Waals surface area contributed by atoms with Gasteiger partial charge in [0.15, 0.2) is 0 Å². The van der Waals surface area contributed by atoms with Gasteiger partial charge in [0, 0.05) is 6.54 Å². The summed E-state index contributed by atoms with van der Waals surface area (Å²) in [6, 6.07) is 10.8. The summed E-state index contributed by atoms with van der Waals surface area (Å²) in [5, 5.41) is 11.3. The third-order valence-corrected chi connectivity index (χ3v) is 4.07. The summed E-state index contributed by atoms with van der Waals surface area (Å²) < 4.78 is 7.20. The van der Waals surface area contributed by atoms with E-state index in [1.165, 1.54) is 11.3 Å². The molecule has 0 N–H and O–H groups in total. The molecule has 6 heteroatoms. The lowest BCUT2D eigenvalue weighted by atomic mass is 10.2. The van der Waals surface area contributed by atoms with Crippen molar-refractivity contribution in [3.63, 3.8) is 0 Å². The molecular weight excluding hydrogens is 298 g/mol. The molecule has 0 atom stereocenters. The van der Waals surface area contributed by atoms with E-state index in [4.69, 9.17) is 10.00 Å². The first kappa shape index (κ1) is 14.3. The molecule has 3 rings (SSSR count). The molecule has 5 nitrogen and oxygen atoms in total. The lowest BCUT2D eigenvalue weighted by Crippen LogP contribution is -2.20. The van der Waals surface area contributed by atoms with Crippen LogP contribution in [0.2, 0.25) is 0 Å². The Hall–Kier alpha value is -2.65. The van der Waals surface area contributed by atoms with E-state index in [2.05, 4.69) is 11.1 Å². The first-order valence-electron chi connectivity index (χ1n) is 6.83. The Kier molecular flexibility index (Phi) is 4.17. The van der Waals surface area contributed by atoms with Gasteiger partial charge in [-0.2, -0.15) is 5.26 Å². The minimum absolute atomic E-state index is 0.00961. The van der Waals surface area contributed by atoms with Gasteiger partial charge in [-0.3, -0.25) is 9.36 Å². The third kappa shape index (κ3) is 3.00. The highest BCUT2D eigenvalue weighted by Crippen LogP contribution is 2.14. The molecule has 0 fully saturated rings. The van der Waals surface area contributed by atoms with Crippen molar-refractivity contribution in [3.05, 3.63) is 58.0 Å². The summed E-state index contributed by atoms with van der Waals surface area (Å²) in [6.07, 6.45) is 2.29. The van der Waals surface area contributed by atoms with Crippen LogP contribution in [0.5, 0.6) is 5.75 Å². The summed E-state index contributed by atoms with van der Waals surface area (Å²) in [5.74, 6) is 0.720. The zero-order chi connectivity index (χ0) is 15.4. The number of benzene rings is 1. The number of nitriles is 1. The summed E-state index contributed by atoms with van der Waals surface area (Å²) in [4.78, 5) is 17.2. The van der Waals surface area contributed by atoms with Crippen LogP contribution in [0, 0.1) is 11.3 Å². The van der Waals surface area contributed by atoms with Crippen molar-refractivity contribution in [2.75, 3.05) is 6.61 Å². The van der Waals surface area contributed by atoms with E-state index >= 15 is 0 Å². The highest BCUT2D eigenvalue weighted by Gasteiger charge is 2.04. The number of thiophene rings is 1. The topological polar surface area (TPSA) is 67.9 Å². The number of nitrogens with zero attached hydrogens (tertiary/aromatic N) is 3. The van der Waals surface area contributed by atoms with Crippen molar-refractivity contribution in [3.8, 4) is 11.8 Å². The first-order chi connectivity index (χ1) is 10.8. The fourth-order valence-corrected chi connectivity index (χ4v) is 2.83. The predicted octanol–water partition coefficient (Wildman–Crippen LogP) is 2.80. The van der Waals surface area contributed by atoms with Gasteiger partial charge < -0.3 is 4.74 Å². The van der Waals surface area contributed by atoms with E-state index in [9.17, 15) is 4.79 Å². The second-order valence-electron chi connectivity index (χ2n) is 4.72. The molecule has 0 spiro atoms. The number of rotatable bonds is 5. The van der Waals surface area contributed by atoms with Crippen LogP contribution < -0.4 is 10.3 Å². The van der Waals surface area contributed by atoms with Gasteiger partial charge >= 0.3 is 0 Å². The molecule has 0 amide bonds. The van der Waals surface area contributed by atoms with E-state index in [1.54, 1.807) is 41.2 Å². The molecule has 3 aromatic rings. The summed E-state index contributed by atoms with van der Waals surface area (Å²) >= 11 is 1.47. The number of aryl methyl sites for hydroxylation is 1. The Bertz CT molecular complexity index is 875. The molecule has 0 unspecified atom stereocenters. The van der Waals surface area contributed by atoms with Crippen LogP contribution in [0.1, 0.15) is 12.0 Å². The Balaban J connectivity index is 1.57. The van der Waals surface area contributed by atoms with Gasteiger partial charge in [-0.1, -0.05) is 0 Å². The average molecular weight is 311 g/mol. The summed E-state index contributed by atoms with van der Waals surface area (Å²) in [5.41, 5.74) is 0.596. The van der Waals surface area contributed by atoms with Crippen molar-refractivity contribution < 1.29 is 4.74 Å². The van der Waals surface area contributed by atoms with Crippen LogP contribution in [0.15, 0.2) is 46.8 Å². The second-order valence-corrected chi connectivity index (χ2v) is 5.62. The minimum Gasteiger partial charge on any atom is -0.494 e. The maximum Gasteiger partial charge on any atom is 0.262 e. The van der Waals surface area contributed by atoms with E-state index in [0.29, 0.717) is 30.5 Å². The average Bonchev–Trinajstić information content (AvgIpc) is 3.03. The van der Waals surface area contributed by atoms with Gasteiger partial charge in [0.25, 0.3) is 5.56 Å². The highest BCUT2D eigenvalue weighted by molar-refractivity contribution is 7.16. The monoisotopic (exact) mass is 311 g/mol. The van der Waals surface area contributed by atoms with E-state index < -0.39 is 0 Å². The quantitative estimate of drug-likeness (QED) is 0.679. The fourth-order valence-electron chi connectivity index (χ4n) is 2.10. The van der Waals surface area contributed by atoms with Gasteiger partial charge in [0.1, 0.15) is 10.6 Å². The van der Waals surface area contributed by atoms with Crippen molar-refractivity contribution >= 4 is 21.6 Å². The van der Waals surface area contributed by atoms with Crippen LogP contribution in [-0.4, -0.2) is 16.2 Å². The van der Waals surface area contributed by atoms with Crippen LogP contribution >= 0.6 is 11.3 Å². The smallest absolute Gasteiger partial charge is 0.262 e. The molecule has 0 bridgehead atoms. The Morgan fingerprint density at radius 2 is 2.09 bits per heavy atom. The van der Waals surface area contributed by atoms with Crippen molar-refractivity contribution in [2.45, 2.75) is 13.0 Å². The molecule has 2 heterocycles. The van der Waals surface area contributed by atoms with Crippen LogP contribution in [0.25, 0.3) is 10.2 Å². The molecule has 0 saturated carbocycles. The lowest BCUT2D eigenvalue weighted by molar-refractivity contribution is 0.301. The van der Waals surface area contributed by atoms with Gasteiger partial charge in [-0.05, 0) is 42.1 Å². The molecular formula is C16H13N3O2S. The molecule has 0 radical (unpaired) electrons. The van der Waals surface area contributed by atoms with Gasteiger partial charge in [0.2, 0.25) is 0 Å². The Morgan fingerprint density at radius 1 is 1.27 bits per heavy atom. The van der Waals surface area contributed by atoms with Crippen molar-refractivity contribution in [2.24, 2.45) is 0 Å². The SMILES string of the molecule is N#Cc1ccc(OCCCn2cnc3sccc3c2=O)cc1. The van der Waals surface area contributed by atoms with Crippen LogP contribution in [0.3, 0.4) is 0 Å². The highest BCUT2D eigenvalue weighted by atomic mass is 32.1. The Morgan fingerprint density at radius 3 is 2.86 bits per heavy atom. The normalized spacial score (nSPS) is 10.5. The molecule has 2 aromatic heterocycles. The number of aromatic nitrogens is 2. The second kappa shape index (κ2) is 6.41. The summed E-state index contributed by atoms with van der Waals surface area (Å²) in [7, 11) is 0. The summed E-state index contributed by atoms with van der Waals surface area (Å²) in [6.45, 7) is 1.06. The zero-order valence-electron chi connectivity index (χ0n) is 11.7. The van der Waals surface area contributed by atoms with E-state index in [-0.39, 0.29) is 5.56 Å². The first-order valence-corrected chi connectivity index (χ1v) is 7.71. The lowest BCUT2D eigenvalue weighted by Gasteiger charge is -2.07. The third-order valence-electron chi connectivity index (χ3n) is 3.25. The fraction of sp³-hybridized carbons (Fsp3) is 0.188. The predicted molar refractivity (Wildman–Crippen MR) is 85.1 cm³/mol. The molecule has 0 aliphatic heterocycles. The molecule has 0 aliphatic rings. The molecule has 110 valence electrons. The van der Waals surface area contributed by atoms with Gasteiger partial charge in [-0.25, -0.2) is 4.98 Å². The zero-order valence-corrected chi connectivity index (χ0v) is 12.5. The van der Waals surface area contributed by atoms with Gasteiger partial charge in [0.05, 0.1) is 30.0 Å². The molecule has 22 heavy (non-hydrogen) atoms. The van der Waals surface area contributed by atoms with E-state index in [1.807, 2.05) is 5.38 Å². The molecule has 0 aliphatic carbocycles. The number of hydrogen-bond acceptors (Lipinski definition) is 5. The molecule has 0 saturated heterocycles. The maximum atomic E-state index is 12.2. The molecule has 1 aromatic carbocycles. The van der Waals surface area contributed by atoms with Crippen molar-refractivity contribution in [1.29, 1.82) is 5.26 Å². The van der Waals surface area contributed by atoms with Gasteiger partial charge in [-0.15, -0.1) is 11.3 Å². The minimum atomic E-state index is -0.00961. The number of hydrogen-bond donors (Lipinski definition) is 0.